The van der Waals surface area contributed by atoms with Crippen molar-refractivity contribution >= 4 is 23.2 Å². The molecule has 11 heteroatoms. The Kier molecular flexibility index (Phi) is 7.81. The van der Waals surface area contributed by atoms with Gasteiger partial charge in [-0.15, -0.1) is 0 Å². The van der Waals surface area contributed by atoms with Crippen LogP contribution < -0.4 is 25.2 Å². The zero-order valence-electron chi connectivity index (χ0n) is 17.5. The summed E-state index contributed by atoms with van der Waals surface area (Å²) in [6, 6.07) is 11.1. The van der Waals surface area contributed by atoms with E-state index in [-0.39, 0.29) is 17.9 Å². The van der Waals surface area contributed by atoms with Gasteiger partial charge in [0.25, 0.3) is 17.5 Å². The van der Waals surface area contributed by atoms with E-state index < -0.39 is 16.7 Å². The van der Waals surface area contributed by atoms with Crippen LogP contribution in [0.4, 0.5) is 11.4 Å². The third-order valence-electron chi connectivity index (χ3n) is 4.61. The Bertz CT molecular complexity index is 976. The predicted octanol–water partition coefficient (Wildman–Crippen LogP) is 1.67. The van der Waals surface area contributed by atoms with Crippen LogP contribution in [-0.2, 0) is 9.53 Å². The lowest BCUT2D eigenvalue weighted by atomic mass is 10.1. The molecular formula is C21H24N4O7. The molecule has 0 radical (unpaired) electrons. The number of carbonyl (C=O) groups excluding carboxylic acids is 2. The molecular weight excluding hydrogens is 420 g/mol. The van der Waals surface area contributed by atoms with Crippen LogP contribution in [-0.4, -0.2) is 56.3 Å². The van der Waals surface area contributed by atoms with Crippen molar-refractivity contribution in [1.82, 2.24) is 10.9 Å². The molecule has 0 aliphatic carbocycles. The highest BCUT2D eigenvalue weighted by molar-refractivity contribution is 5.96. The molecule has 2 aromatic carbocycles. The second kappa shape index (κ2) is 11.0. The first-order valence-electron chi connectivity index (χ1n) is 10.0. The molecule has 11 nitrogen and oxygen atoms in total. The number of nitrogens with zero attached hydrogens (tertiary/aromatic N) is 2. The van der Waals surface area contributed by atoms with Gasteiger partial charge >= 0.3 is 0 Å². The Balaban J connectivity index is 1.58. The van der Waals surface area contributed by atoms with E-state index in [4.69, 9.17) is 14.2 Å². The number of amides is 2. The van der Waals surface area contributed by atoms with Crippen LogP contribution in [0.5, 0.6) is 11.5 Å². The summed E-state index contributed by atoms with van der Waals surface area (Å²) in [7, 11) is 0. The van der Waals surface area contributed by atoms with Gasteiger partial charge in [-0.05, 0) is 31.2 Å². The van der Waals surface area contributed by atoms with E-state index in [9.17, 15) is 19.7 Å². The number of hydrazine groups is 1. The van der Waals surface area contributed by atoms with Gasteiger partial charge in [-0.2, -0.15) is 0 Å². The lowest BCUT2D eigenvalue weighted by Crippen LogP contribution is -2.43. The number of ether oxygens (including phenoxy) is 3. The highest BCUT2D eigenvalue weighted by Gasteiger charge is 2.23. The highest BCUT2D eigenvalue weighted by atomic mass is 16.6. The molecule has 0 atom stereocenters. The summed E-state index contributed by atoms with van der Waals surface area (Å²) in [5.74, 6) is -0.404. The van der Waals surface area contributed by atoms with Crippen LogP contribution in [0.25, 0.3) is 0 Å². The first-order valence-corrected chi connectivity index (χ1v) is 10.0. The van der Waals surface area contributed by atoms with Crippen molar-refractivity contribution in [3.8, 4) is 11.5 Å². The largest absolute Gasteiger partial charge is 0.490 e. The SMILES string of the molecule is CCOc1ccccc1OCC(=O)NNC(=O)c1ccc(N2CCOCC2)c([N+](=O)[O-])c1. The van der Waals surface area contributed by atoms with Crippen molar-refractivity contribution in [2.45, 2.75) is 6.92 Å². The molecule has 170 valence electrons. The molecule has 32 heavy (non-hydrogen) atoms. The number of hydrogen-bond donors (Lipinski definition) is 2. The lowest BCUT2D eigenvalue weighted by Gasteiger charge is -2.28. The standard InChI is InChI=1S/C21H24N4O7/c1-2-31-18-5-3-4-6-19(18)32-14-20(26)22-23-21(27)15-7-8-16(17(13-15)25(28)29)24-9-11-30-12-10-24/h3-8,13H,2,9-12,14H2,1H3,(H,22,26)(H,23,27). The minimum Gasteiger partial charge on any atom is -0.490 e. The number of rotatable bonds is 8. The zero-order valence-corrected chi connectivity index (χ0v) is 17.5. The van der Waals surface area contributed by atoms with Crippen LogP contribution in [0.3, 0.4) is 0 Å². The van der Waals surface area contributed by atoms with Crippen LogP contribution >= 0.6 is 0 Å². The zero-order chi connectivity index (χ0) is 22.9. The molecule has 0 bridgehead atoms. The van der Waals surface area contributed by atoms with Crippen molar-refractivity contribution in [2.24, 2.45) is 0 Å². The average Bonchev–Trinajstić information content (AvgIpc) is 2.82. The van der Waals surface area contributed by atoms with E-state index in [2.05, 4.69) is 10.9 Å². The van der Waals surface area contributed by atoms with Gasteiger partial charge in [-0.1, -0.05) is 12.1 Å². The van der Waals surface area contributed by atoms with Crippen molar-refractivity contribution in [2.75, 3.05) is 44.4 Å². The van der Waals surface area contributed by atoms with Crippen molar-refractivity contribution in [3.05, 3.63) is 58.1 Å². The maximum absolute atomic E-state index is 12.4. The molecule has 1 aliphatic heterocycles. The molecule has 0 spiro atoms. The van der Waals surface area contributed by atoms with Gasteiger partial charge < -0.3 is 19.1 Å². The maximum Gasteiger partial charge on any atom is 0.293 e. The Morgan fingerprint density at radius 1 is 1.09 bits per heavy atom. The number of benzene rings is 2. The fourth-order valence-corrected chi connectivity index (χ4v) is 3.10. The van der Waals surface area contributed by atoms with E-state index in [1.54, 1.807) is 24.3 Å². The molecule has 1 saturated heterocycles. The molecule has 2 aromatic rings. The molecule has 3 rings (SSSR count). The maximum atomic E-state index is 12.4. The summed E-state index contributed by atoms with van der Waals surface area (Å²) >= 11 is 0. The number of nitro groups is 1. The first kappa shape index (κ1) is 22.8. The van der Waals surface area contributed by atoms with Crippen LogP contribution in [0, 0.1) is 10.1 Å². The second-order valence-corrected chi connectivity index (χ2v) is 6.73. The lowest BCUT2D eigenvalue weighted by molar-refractivity contribution is -0.384. The van der Waals surface area contributed by atoms with Crippen molar-refractivity contribution < 1.29 is 28.7 Å². The van der Waals surface area contributed by atoms with Gasteiger partial charge in [0.2, 0.25) is 0 Å². The number of para-hydroxylation sites is 2. The topological polar surface area (TPSA) is 132 Å². The Morgan fingerprint density at radius 2 is 1.78 bits per heavy atom. The summed E-state index contributed by atoms with van der Waals surface area (Å²) in [5.41, 5.74) is 4.72. The molecule has 0 unspecified atom stereocenters. The molecule has 0 saturated carbocycles. The highest BCUT2D eigenvalue weighted by Crippen LogP contribution is 2.30. The fraction of sp³-hybridized carbons (Fsp3) is 0.333. The quantitative estimate of drug-likeness (QED) is 0.464. The third-order valence-corrected chi connectivity index (χ3v) is 4.61. The van der Waals surface area contributed by atoms with Gasteiger partial charge in [-0.3, -0.25) is 30.6 Å². The summed E-state index contributed by atoms with van der Waals surface area (Å²) in [5, 5.41) is 11.5. The molecule has 0 aromatic heterocycles. The fourth-order valence-electron chi connectivity index (χ4n) is 3.10. The van der Waals surface area contributed by atoms with Gasteiger partial charge in [0.1, 0.15) is 5.69 Å². The van der Waals surface area contributed by atoms with Gasteiger partial charge in [0, 0.05) is 24.7 Å². The summed E-state index contributed by atoms with van der Waals surface area (Å²) in [6.07, 6.45) is 0. The first-order chi connectivity index (χ1) is 15.5. The normalized spacial score (nSPS) is 13.2. The minimum atomic E-state index is -0.690. The summed E-state index contributed by atoms with van der Waals surface area (Å²) < 4.78 is 16.1. The van der Waals surface area contributed by atoms with E-state index in [1.165, 1.54) is 18.2 Å². The Hall–Kier alpha value is -3.86. The molecule has 2 amide bonds. The Labute approximate surface area is 184 Å². The molecule has 1 aliphatic rings. The van der Waals surface area contributed by atoms with Gasteiger partial charge in [0.05, 0.1) is 24.7 Å². The number of hydrogen-bond acceptors (Lipinski definition) is 8. The van der Waals surface area contributed by atoms with Crippen LogP contribution in [0.15, 0.2) is 42.5 Å². The number of carbonyl (C=O) groups is 2. The second-order valence-electron chi connectivity index (χ2n) is 6.73. The monoisotopic (exact) mass is 444 g/mol. The smallest absolute Gasteiger partial charge is 0.293 e. The van der Waals surface area contributed by atoms with E-state index in [0.717, 1.165) is 0 Å². The van der Waals surface area contributed by atoms with E-state index >= 15 is 0 Å². The predicted molar refractivity (Wildman–Crippen MR) is 115 cm³/mol. The van der Waals surface area contributed by atoms with E-state index in [0.29, 0.717) is 50.1 Å². The number of morpholine rings is 1. The van der Waals surface area contributed by atoms with Crippen LogP contribution in [0.2, 0.25) is 0 Å². The minimum absolute atomic E-state index is 0.0385. The number of nitrogens with one attached hydrogen (secondary N) is 2. The summed E-state index contributed by atoms with van der Waals surface area (Å²) in [6.45, 7) is 3.91. The number of nitro benzene ring substituents is 1. The van der Waals surface area contributed by atoms with Crippen LogP contribution in [0.1, 0.15) is 17.3 Å². The molecule has 2 N–H and O–H groups in total. The third kappa shape index (κ3) is 5.85. The van der Waals surface area contributed by atoms with Crippen molar-refractivity contribution in [1.29, 1.82) is 0 Å². The van der Waals surface area contributed by atoms with Crippen molar-refractivity contribution in [3.63, 3.8) is 0 Å². The number of anilines is 1. The van der Waals surface area contributed by atoms with Gasteiger partial charge in [0.15, 0.2) is 18.1 Å². The summed E-state index contributed by atoms with van der Waals surface area (Å²) in [4.78, 5) is 37.2. The molecule has 1 heterocycles. The van der Waals surface area contributed by atoms with E-state index in [1.807, 2.05) is 11.8 Å². The average molecular weight is 444 g/mol. The molecule has 1 fully saturated rings. The van der Waals surface area contributed by atoms with Gasteiger partial charge in [-0.25, -0.2) is 0 Å². The Morgan fingerprint density at radius 3 is 2.44 bits per heavy atom.